The predicted molar refractivity (Wildman–Crippen MR) is 102 cm³/mol. The second-order valence-corrected chi connectivity index (χ2v) is 8.35. The molecule has 0 aromatic heterocycles. The van der Waals surface area contributed by atoms with Crippen LogP contribution in [0.25, 0.3) is 0 Å². The number of carbonyl (C=O) groups excluding carboxylic acids is 3. The van der Waals surface area contributed by atoms with Crippen LogP contribution in [0, 0.1) is 5.92 Å². The number of rotatable bonds is 9. The van der Waals surface area contributed by atoms with Gasteiger partial charge in [-0.2, -0.15) is 0 Å². The molecule has 2 fully saturated rings. The van der Waals surface area contributed by atoms with Crippen LogP contribution in [0.5, 0.6) is 0 Å². The van der Waals surface area contributed by atoms with Gasteiger partial charge in [0.05, 0.1) is 13.2 Å². The van der Waals surface area contributed by atoms with Crippen LogP contribution < -0.4 is 10.6 Å². The SMILES string of the molecule is CC(C)C[C@@H](CNC(=O)CCCN1C(=O)NC(C)(C)C1=O)N1CCOCC1. The number of hydrogen-bond donors (Lipinski definition) is 2. The molecule has 0 aromatic carbocycles. The quantitative estimate of drug-likeness (QED) is 0.580. The van der Waals surface area contributed by atoms with Gasteiger partial charge < -0.3 is 15.4 Å². The van der Waals surface area contributed by atoms with Gasteiger partial charge in [-0.25, -0.2) is 4.79 Å². The zero-order valence-electron chi connectivity index (χ0n) is 17.0. The molecule has 2 aliphatic heterocycles. The lowest BCUT2D eigenvalue weighted by Gasteiger charge is -2.35. The number of ether oxygens (including phenoxy) is 1. The van der Waals surface area contributed by atoms with Crippen LogP contribution in [-0.2, 0) is 14.3 Å². The second kappa shape index (κ2) is 9.50. The van der Waals surface area contributed by atoms with Gasteiger partial charge in [0.25, 0.3) is 5.91 Å². The van der Waals surface area contributed by atoms with Gasteiger partial charge in [-0.1, -0.05) is 13.8 Å². The normalized spacial score (nSPS) is 21.4. The summed E-state index contributed by atoms with van der Waals surface area (Å²) < 4.78 is 5.42. The molecule has 0 aliphatic carbocycles. The first-order valence-electron chi connectivity index (χ1n) is 9.93. The highest BCUT2D eigenvalue weighted by Crippen LogP contribution is 2.17. The Bertz CT molecular complexity index is 544. The van der Waals surface area contributed by atoms with Crippen LogP contribution in [0.1, 0.15) is 47.0 Å². The third kappa shape index (κ3) is 6.17. The van der Waals surface area contributed by atoms with Crippen molar-refractivity contribution < 1.29 is 19.1 Å². The van der Waals surface area contributed by atoms with Crippen LogP contribution in [0.2, 0.25) is 0 Å². The molecule has 0 unspecified atom stereocenters. The number of morpholine rings is 1. The second-order valence-electron chi connectivity index (χ2n) is 8.35. The van der Waals surface area contributed by atoms with Crippen LogP contribution in [0.4, 0.5) is 4.79 Å². The van der Waals surface area contributed by atoms with Gasteiger partial charge in [-0.05, 0) is 32.6 Å². The summed E-state index contributed by atoms with van der Waals surface area (Å²) in [6.45, 7) is 11.9. The Labute approximate surface area is 162 Å². The van der Waals surface area contributed by atoms with Crippen molar-refractivity contribution in [3.8, 4) is 0 Å². The van der Waals surface area contributed by atoms with Gasteiger partial charge in [-0.15, -0.1) is 0 Å². The average molecular weight is 383 g/mol. The number of hydrogen-bond acceptors (Lipinski definition) is 5. The molecule has 2 N–H and O–H groups in total. The van der Waals surface area contributed by atoms with E-state index in [1.54, 1.807) is 13.8 Å². The lowest BCUT2D eigenvalue weighted by molar-refractivity contribution is -0.130. The molecule has 0 saturated carbocycles. The zero-order valence-corrected chi connectivity index (χ0v) is 17.0. The summed E-state index contributed by atoms with van der Waals surface area (Å²) in [7, 11) is 0. The number of urea groups is 1. The highest BCUT2D eigenvalue weighted by molar-refractivity contribution is 6.06. The molecule has 0 spiro atoms. The molecule has 2 heterocycles. The lowest BCUT2D eigenvalue weighted by Crippen LogP contribution is -2.49. The highest BCUT2D eigenvalue weighted by atomic mass is 16.5. The van der Waals surface area contributed by atoms with Gasteiger partial charge in [-0.3, -0.25) is 19.4 Å². The molecule has 0 radical (unpaired) electrons. The van der Waals surface area contributed by atoms with Crippen molar-refractivity contribution in [3.05, 3.63) is 0 Å². The Kier molecular flexibility index (Phi) is 7.61. The molecule has 8 heteroatoms. The van der Waals surface area contributed by atoms with E-state index in [1.165, 1.54) is 4.90 Å². The minimum atomic E-state index is -0.860. The molecule has 1 atom stereocenters. The van der Waals surface area contributed by atoms with Gasteiger partial charge in [0.1, 0.15) is 5.54 Å². The summed E-state index contributed by atoms with van der Waals surface area (Å²) in [6.07, 6.45) is 1.79. The first-order valence-corrected chi connectivity index (χ1v) is 9.93. The van der Waals surface area contributed by atoms with Gasteiger partial charge >= 0.3 is 6.03 Å². The predicted octanol–water partition coefficient (Wildman–Crippen LogP) is 0.960. The molecule has 0 bridgehead atoms. The van der Waals surface area contributed by atoms with Crippen molar-refractivity contribution in [2.75, 3.05) is 39.4 Å². The molecule has 27 heavy (non-hydrogen) atoms. The van der Waals surface area contributed by atoms with Crippen molar-refractivity contribution in [3.63, 3.8) is 0 Å². The Morgan fingerprint density at radius 2 is 1.93 bits per heavy atom. The minimum absolute atomic E-state index is 0.0386. The van der Waals surface area contributed by atoms with Crippen LogP contribution in [-0.4, -0.2) is 78.6 Å². The molecule has 0 aromatic rings. The zero-order chi connectivity index (χ0) is 20.0. The van der Waals surface area contributed by atoms with E-state index in [0.29, 0.717) is 31.3 Å². The lowest BCUT2D eigenvalue weighted by atomic mass is 10.0. The van der Waals surface area contributed by atoms with E-state index >= 15 is 0 Å². The smallest absolute Gasteiger partial charge is 0.325 e. The molecular formula is C19H34N4O4. The molecule has 2 saturated heterocycles. The van der Waals surface area contributed by atoms with E-state index in [9.17, 15) is 14.4 Å². The fraction of sp³-hybridized carbons (Fsp3) is 0.842. The Balaban J connectivity index is 1.74. The summed E-state index contributed by atoms with van der Waals surface area (Å²) in [4.78, 5) is 39.8. The monoisotopic (exact) mass is 382 g/mol. The van der Waals surface area contributed by atoms with E-state index in [1.807, 2.05) is 0 Å². The van der Waals surface area contributed by atoms with E-state index in [0.717, 1.165) is 32.7 Å². The first kappa shape index (κ1) is 21.6. The maximum atomic E-state index is 12.2. The maximum absolute atomic E-state index is 12.2. The van der Waals surface area contributed by atoms with Gasteiger partial charge in [0.15, 0.2) is 0 Å². The highest BCUT2D eigenvalue weighted by Gasteiger charge is 2.43. The number of nitrogens with one attached hydrogen (secondary N) is 2. The topological polar surface area (TPSA) is 91.0 Å². The van der Waals surface area contributed by atoms with Crippen LogP contribution in [0.3, 0.4) is 0 Å². The van der Waals surface area contributed by atoms with Crippen molar-refractivity contribution in [1.82, 2.24) is 20.4 Å². The molecule has 8 nitrogen and oxygen atoms in total. The van der Waals surface area contributed by atoms with E-state index in [-0.39, 0.29) is 24.4 Å². The first-order chi connectivity index (χ1) is 12.7. The minimum Gasteiger partial charge on any atom is -0.379 e. The number of carbonyl (C=O) groups is 3. The van der Waals surface area contributed by atoms with Crippen molar-refractivity contribution in [1.29, 1.82) is 0 Å². The summed E-state index contributed by atoms with van der Waals surface area (Å²) in [5.41, 5.74) is -0.860. The number of nitrogens with zero attached hydrogens (tertiary/aromatic N) is 2. The summed E-state index contributed by atoms with van der Waals surface area (Å²) in [5, 5.41) is 5.67. The van der Waals surface area contributed by atoms with Crippen LogP contribution >= 0.6 is 0 Å². The number of amides is 4. The Hall–Kier alpha value is -1.67. The third-order valence-corrected chi connectivity index (χ3v) is 5.07. The number of imide groups is 1. The average Bonchev–Trinajstić information content (AvgIpc) is 2.80. The molecule has 4 amide bonds. The summed E-state index contributed by atoms with van der Waals surface area (Å²) in [6, 6.07) is -0.0701. The molecule has 2 aliphatic rings. The largest absolute Gasteiger partial charge is 0.379 e. The summed E-state index contributed by atoms with van der Waals surface area (Å²) >= 11 is 0. The van der Waals surface area contributed by atoms with Crippen LogP contribution in [0.15, 0.2) is 0 Å². The van der Waals surface area contributed by atoms with Crippen molar-refractivity contribution in [2.45, 2.75) is 58.5 Å². The van der Waals surface area contributed by atoms with E-state index < -0.39 is 5.54 Å². The van der Waals surface area contributed by atoms with Gasteiger partial charge in [0, 0.05) is 38.6 Å². The summed E-state index contributed by atoms with van der Waals surface area (Å²) in [5.74, 6) is 0.276. The molecule has 154 valence electrons. The fourth-order valence-electron chi connectivity index (χ4n) is 3.59. The fourth-order valence-corrected chi connectivity index (χ4v) is 3.59. The molecular weight excluding hydrogens is 348 g/mol. The Morgan fingerprint density at radius 1 is 1.26 bits per heavy atom. The van der Waals surface area contributed by atoms with Gasteiger partial charge in [0.2, 0.25) is 5.91 Å². The van der Waals surface area contributed by atoms with Crippen molar-refractivity contribution in [2.24, 2.45) is 5.92 Å². The standard InChI is InChI=1S/C19H34N4O4/c1-14(2)12-15(22-8-10-27-11-9-22)13-20-16(24)6-5-7-23-17(25)19(3,4)21-18(23)26/h14-15H,5-13H2,1-4H3,(H,20,24)(H,21,26)/t15-/m0/s1. The van der Waals surface area contributed by atoms with E-state index in [4.69, 9.17) is 4.74 Å². The van der Waals surface area contributed by atoms with Crippen molar-refractivity contribution >= 4 is 17.8 Å². The maximum Gasteiger partial charge on any atom is 0.325 e. The third-order valence-electron chi connectivity index (χ3n) is 5.07. The molecule has 2 rings (SSSR count). The Morgan fingerprint density at radius 3 is 2.48 bits per heavy atom. The van der Waals surface area contributed by atoms with E-state index in [2.05, 4.69) is 29.4 Å².